The summed E-state index contributed by atoms with van der Waals surface area (Å²) in [4.78, 5) is 10.7. The Morgan fingerprint density at radius 3 is 2.71 bits per heavy atom. The Balaban J connectivity index is 2.87. The summed E-state index contributed by atoms with van der Waals surface area (Å²) in [5.41, 5.74) is 1.12. The Labute approximate surface area is 88.4 Å². The third kappa shape index (κ3) is 2.51. The van der Waals surface area contributed by atoms with E-state index in [4.69, 9.17) is 0 Å². The second kappa shape index (κ2) is 4.50. The van der Waals surface area contributed by atoms with Gasteiger partial charge in [0.05, 0.1) is 0 Å². The molecule has 5 heteroatoms. The number of carbonyl (C=O) groups excluding carboxylic acids is 1. The van der Waals surface area contributed by atoms with E-state index < -0.39 is 12.3 Å². The lowest BCUT2D eigenvalue weighted by molar-refractivity contribution is -0.126. The van der Waals surface area contributed by atoms with Gasteiger partial charge in [-0.15, -0.1) is 0 Å². The highest BCUT2D eigenvalue weighted by molar-refractivity contribution is 9.10. The molecule has 0 aliphatic heterocycles. The van der Waals surface area contributed by atoms with E-state index in [1.807, 2.05) is 0 Å². The van der Waals surface area contributed by atoms with Crippen LogP contribution in [0.2, 0.25) is 0 Å². The molecule has 0 bridgehead atoms. The van der Waals surface area contributed by atoms with Gasteiger partial charge in [0.15, 0.2) is 0 Å². The number of hydrogen-bond donors (Lipinski definition) is 1. The summed E-state index contributed by atoms with van der Waals surface area (Å²) in [6, 6.07) is 5.01. The van der Waals surface area contributed by atoms with Gasteiger partial charge in [-0.1, -0.05) is 22.0 Å². The molecule has 0 aromatic heterocycles. The van der Waals surface area contributed by atoms with Crippen molar-refractivity contribution in [2.45, 2.75) is 13.3 Å². The van der Waals surface area contributed by atoms with Crippen LogP contribution in [0, 0.1) is 6.92 Å². The lowest BCUT2D eigenvalue weighted by atomic mass is 10.2. The SMILES string of the molecule is Cc1c(Br)cccc1NC(=O)C(F)F. The highest BCUT2D eigenvalue weighted by Crippen LogP contribution is 2.23. The molecule has 14 heavy (non-hydrogen) atoms. The Hall–Kier alpha value is -0.970. The number of alkyl halides is 2. The Bertz CT molecular complexity index is 355. The highest BCUT2D eigenvalue weighted by atomic mass is 79.9. The quantitative estimate of drug-likeness (QED) is 0.874. The van der Waals surface area contributed by atoms with E-state index in [9.17, 15) is 13.6 Å². The molecule has 2 nitrogen and oxygen atoms in total. The van der Waals surface area contributed by atoms with Gasteiger partial charge in [-0.05, 0) is 24.6 Å². The van der Waals surface area contributed by atoms with Crippen molar-refractivity contribution in [1.29, 1.82) is 0 Å². The van der Waals surface area contributed by atoms with E-state index >= 15 is 0 Å². The van der Waals surface area contributed by atoms with E-state index in [1.54, 1.807) is 25.1 Å². The smallest absolute Gasteiger partial charge is 0.315 e. The molecule has 0 fully saturated rings. The first kappa shape index (κ1) is 11.1. The van der Waals surface area contributed by atoms with Crippen LogP contribution in [-0.4, -0.2) is 12.3 Å². The molecular weight excluding hydrogens is 256 g/mol. The van der Waals surface area contributed by atoms with Gasteiger partial charge in [0.1, 0.15) is 0 Å². The fourth-order valence-electron chi connectivity index (χ4n) is 0.930. The highest BCUT2D eigenvalue weighted by Gasteiger charge is 2.16. The molecule has 1 aromatic carbocycles. The molecule has 0 radical (unpaired) electrons. The van der Waals surface area contributed by atoms with Crippen LogP contribution in [0.5, 0.6) is 0 Å². The van der Waals surface area contributed by atoms with Crippen LogP contribution in [0.15, 0.2) is 22.7 Å². The molecule has 0 saturated carbocycles. The lowest BCUT2D eigenvalue weighted by Gasteiger charge is -2.08. The monoisotopic (exact) mass is 263 g/mol. The third-order valence-electron chi connectivity index (χ3n) is 1.72. The minimum atomic E-state index is -2.99. The molecule has 1 rings (SSSR count). The third-order valence-corrected chi connectivity index (χ3v) is 2.58. The van der Waals surface area contributed by atoms with Crippen molar-refractivity contribution in [2.24, 2.45) is 0 Å². The number of rotatable bonds is 2. The zero-order chi connectivity index (χ0) is 10.7. The van der Waals surface area contributed by atoms with Crippen LogP contribution in [0.3, 0.4) is 0 Å². The second-order valence-corrected chi connectivity index (χ2v) is 3.56. The number of halogens is 3. The molecule has 0 spiro atoms. The van der Waals surface area contributed by atoms with Gasteiger partial charge >= 0.3 is 6.43 Å². The first-order chi connectivity index (χ1) is 6.52. The Morgan fingerprint density at radius 1 is 1.50 bits per heavy atom. The zero-order valence-corrected chi connectivity index (χ0v) is 8.94. The minimum Gasteiger partial charge on any atom is -0.321 e. The fourth-order valence-corrected chi connectivity index (χ4v) is 1.30. The summed E-state index contributed by atoms with van der Waals surface area (Å²) in [5, 5.41) is 2.13. The predicted molar refractivity (Wildman–Crippen MR) is 53.5 cm³/mol. The zero-order valence-electron chi connectivity index (χ0n) is 7.35. The number of amides is 1. The van der Waals surface area contributed by atoms with Gasteiger partial charge in [0, 0.05) is 10.2 Å². The number of nitrogens with one attached hydrogen (secondary N) is 1. The molecule has 0 heterocycles. The topological polar surface area (TPSA) is 29.1 Å². The van der Waals surface area contributed by atoms with E-state index in [-0.39, 0.29) is 0 Å². The van der Waals surface area contributed by atoms with Crippen molar-refractivity contribution in [2.75, 3.05) is 5.32 Å². The number of anilines is 1. The van der Waals surface area contributed by atoms with Crippen molar-refractivity contribution in [1.82, 2.24) is 0 Å². The first-order valence-corrected chi connectivity index (χ1v) is 4.66. The minimum absolute atomic E-state index is 0.393. The maximum Gasteiger partial charge on any atom is 0.315 e. The van der Waals surface area contributed by atoms with Gasteiger partial charge in [-0.3, -0.25) is 4.79 Å². The number of hydrogen-bond acceptors (Lipinski definition) is 1. The molecule has 1 aromatic rings. The molecule has 1 N–H and O–H groups in total. The summed E-state index contributed by atoms with van der Waals surface area (Å²) in [6.07, 6.45) is -2.99. The van der Waals surface area contributed by atoms with E-state index in [2.05, 4.69) is 21.2 Å². The lowest BCUT2D eigenvalue weighted by Crippen LogP contribution is -2.20. The van der Waals surface area contributed by atoms with Crippen LogP contribution in [0.25, 0.3) is 0 Å². The van der Waals surface area contributed by atoms with Crippen molar-refractivity contribution in [3.8, 4) is 0 Å². The van der Waals surface area contributed by atoms with Gasteiger partial charge in [0.2, 0.25) is 0 Å². The van der Waals surface area contributed by atoms with E-state index in [0.29, 0.717) is 5.69 Å². The van der Waals surface area contributed by atoms with Crippen LogP contribution in [-0.2, 0) is 4.79 Å². The predicted octanol–water partition coefficient (Wildman–Crippen LogP) is 2.96. The fraction of sp³-hybridized carbons (Fsp3) is 0.222. The summed E-state index contributed by atoms with van der Waals surface area (Å²) in [5.74, 6) is -1.29. The number of benzene rings is 1. The van der Waals surface area contributed by atoms with Crippen LogP contribution < -0.4 is 5.32 Å². The Morgan fingerprint density at radius 2 is 2.14 bits per heavy atom. The summed E-state index contributed by atoms with van der Waals surface area (Å²) < 4.78 is 24.6. The Kier molecular flexibility index (Phi) is 3.57. The molecule has 1 amide bonds. The molecular formula is C9H8BrF2NO. The maximum absolute atomic E-state index is 11.9. The maximum atomic E-state index is 11.9. The molecule has 0 saturated heterocycles. The largest absolute Gasteiger partial charge is 0.321 e. The van der Waals surface area contributed by atoms with Crippen molar-refractivity contribution in [3.05, 3.63) is 28.2 Å². The second-order valence-electron chi connectivity index (χ2n) is 2.70. The summed E-state index contributed by atoms with van der Waals surface area (Å²) in [7, 11) is 0. The van der Waals surface area contributed by atoms with Crippen LogP contribution in [0.1, 0.15) is 5.56 Å². The first-order valence-electron chi connectivity index (χ1n) is 3.86. The standard InChI is InChI=1S/C9H8BrF2NO/c1-5-6(10)3-2-4-7(5)13-9(14)8(11)12/h2-4,8H,1H3,(H,13,14). The van der Waals surface area contributed by atoms with Gasteiger partial charge < -0.3 is 5.32 Å². The molecule has 0 unspecified atom stereocenters. The van der Waals surface area contributed by atoms with Gasteiger partial charge in [-0.25, -0.2) is 0 Å². The van der Waals surface area contributed by atoms with Gasteiger partial charge in [-0.2, -0.15) is 8.78 Å². The molecule has 76 valence electrons. The van der Waals surface area contributed by atoms with E-state index in [0.717, 1.165) is 10.0 Å². The normalized spacial score (nSPS) is 10.4. The van der Waals surface area contributed by atoms with Crippen molar-refractivity contribution in [3.63, 3.8) is 0 Å². The molecule has 0 aliphatic carbocycles. The van der Waals surface area contributed by atoms with Crippen LogP contribution in [0.4, 0.5) is 14.5 Å². The van der Waals surface area contributed by atoms with Crippen molar-refractivity contribution < 1.29 is 13.6 Å². The number of carbonyl (C=O) groups is 1. The molecule has 0 atom stereocenters. The summed E-state index contributed by atoms with van der Waals surface area (Å²) >= 11 is 3.23. The van der Waals surface area contributed by atoms with Crippen LogP contribution >= 0.6 is 15.9 Å². The van der Waals surface area contributed by atoms with Gasteiger partial charge in [0.25, 0.3) is 5.91 Å². The summed E-state index contributed by atoms with van der Waals surface area (Å²) in [6.45, 7) is 1.73. The average Bonchev–Trinajstić information content (AvgIpc) is 2.12. The van der Waals surface area contributed by atoms with Crippen molar-refractivity contribution >= 4 is 27.5 Å². The average molecular weight is 264 g/mol. The molecule has 0 aliphatic rings. The van der Waals surface area contributed by atoms with E-state index in [1.165, 1.54) is 0 Å².